The van der Waals surface area contributed by atoms with Crippen LogP contribution >= 0.6 is 11.8 Å². The minimum absolute atomic E-state index is 0.117. The van der Waals surface area contributed by atoms with Gasteiger partial charge in [-0.25, -0.2) is 8.42 Å². The number of nitrogens with one attached hydrogen (secondary N) is 1. The Hall–Kier alpha value is -1.45. The average molecular weight is 403 g/mol. The zero-order chi connectivity index (χ0) is 19.7. The summed E-state index contributed by atoms with van der Waals surface area (Å²) in [6.07, 6.45) is 0. The lowest BCUT2D eigenvalue weighted by Crippen LogP contribution is -2.52. The highest BCUT2D eigenvalue weighted by Crippen LogP contribution is 2.36. The zero-order valence-corrected chi connectivity index (χ0v) is 17.6. The molecule has 1 aliphatic rings. The van der Waals surface area contributed by atoms with Crippen LogP contribution in [0.3, 0.4) is 0 Å². The molecule has 1 aromatic carbocycles. The summed E-state index contributed by atoms with van der Waals surface area (Å²) < 4.78 is 38.2. The van der Waals surface area contributed by atoms with Gasteiger partial charge in [-0.05, 0) is 39.3 Å². The van der Waals surface area contributed by atoms with Crippen molar-refractivity contribution in [3.63, 3.8) is 0 Å². The molecule has 9 heteroatoms. The van der Waals surface area contributed by atoms with Crippen molar-refractivity contribution in [1.29, 1.82) is 0 Å². The fourth-order valence-corrected chi connectivity index (χ4v) is 6.06. The minimum atomic E-state index is -3.86. The van der Waals surface area contributed by atoms with Crippen LogP contribution in [0.4, 0.5) is 0 Å². The molecule has 1 aromatic rings. The Balaban J connectivity index is 2.42. The predicted molar refractivity (Wildman–Crippen MR) is 102 cm³/mol. The van der Waals surface area contributed by atoms with Gasteiger partial charge in [0.15, 0.2) is 11.5 Å². The van der Waals surface area contributed by atoms with E-state index in [0.29, 0.717) is 22.8 Å². The van der Waals surface area contributed by atoms with Gasteiger partial charge in [0.1, 0.15) is 6.04 Å². The molecule has 0 radical (unpaired) electrons. The number of carbonyl (C=O) groups excluding carboxylic acids is 1. The number of thioether (sulfide) groups is 1. The van der Waals surface area contributed by atoms with Crippen molar-refractivity contribution in [1.82, 2.24) is 9.62 Å². The van der Waals surface area contributed by atoms with Crippen molar-refractivity contribution in [2.24, 2.45) is 0 Å². The molecule has 0 bridgehead atoms. The smallest absolute Gasteiger partial charge is 0.244 e. The molecule has 0 aromatic heterocycles. The van der Waals surface area contributed by atoms with Crippen LogP contribution in [0.25, 0.3) is 0 Å². The molecule has 0 saturated carbocycles. The topological polar surface area (TPSA) is 84.9 Å². The lowest BCUT2D eigenvalue weighted by molar-refractivity contribution is -0.125. The number of nitrogens with zero attached hydrogens (tertiary/aromatic N) is 1. The lowest BCUT2D eigenvalue weighted by Gasteiger charge is -2.27. The van der Waals surface area contributed by atoms with Gasteiger partial charge in [-0.1, -0.05) is 0 Å². The van der Waals surface area contributed by atoms with Gasteiger partial charge in [0.25, 0.3) is 0 Å². The molecule has 1 saturated heterocycles. The van der Waals surface area contributed by atoms with E-state index in [1.54, 1.807) is 13.0 Å². The van der Waals surface area contributed by atoms with Crippen molar-refractivity contribution >= 4 is 27.7 Å². The number of amides is 1. The molecule has 1 aliphatic heterocycles. The maximum atomic E-state index is 13.2. The van der Waals surface area contributed by atoms with Crippen molar-refractivity contribution in [3.8, 4) is 11.5 Å². The Morgan fingerprint density at radius 2 is 1.81 bits per heavy atom. The molecule has 26 heavy (non-hydrogen) atoms. The maximum absolute atomic E-state index is 13.2. The second-order valence-electron chi connectivity index (χ2n) is 7.12. The van der Waals surface area contributed by atoms with Crippen LogP contribution in [0, 0.1) is 6.92 Å². The molecule has 1 heterocycles. The number of hydrogen-bond acceptors (Lipinski definition) is 6. The molecular formula is C17H26N2O5S2. The van der Waals surface area contributed by atoms with Crippen molar-refractivity contribution in [2.75, 3.05) is 25.8 Å². The fourth-order valence-electron chi connectivity index (χ4n) is 2.69. The van der Waals surface area contributed by atoms with Gasteiger partial charge in [0.05, 0.1) is 25.0 Å². The normalized spacial score (nSPS) is 18.6. The third-order valence-electron chi connectivity index (χ3n) is 3.91. The molecule has 1 fully saturated rings. The van der Waals surface area contributed by atoms with Gasteiger partial charge in [-0.15, -0.1) is 11.8 Å². The first-order chi connectivity index (χ1) is 12.0. The summed E-state index contributed by atoms with van der Waals surface area (Å²) in [6, 6.07) is 2.33. The molecular weight excluding hydrogens is 376 g/mol. The van der Waals surface area contributed by atoms with E-state index in [1.165, 1.54) is 36.4 Å². The largest absolute Gasteiger partial charge is 0.493 e. The van der Waals surface area contributed by atoms with E-state index in [4.69, 9.17) is 9.47 Å². The first kappa shape index (κ1) is 20.9. The summed E-state index contributed by atoms with van der Waals surface area (Å²) in [4.78, 5) is 12.7. The minimum Gasteiger partial charge on any atom is -0.493 e. The van der Waals surface area contributed by atoms with E-state index in [1.807, 2.05) is 20.8 Å². The zero-order valence-electron chi connectivity index (χ0n) is 16.0. The van der Waals surface area contributed by atoms with E-state index < -0.39 is 21.6 Å². The summed E-state index contributed by atoms with van der Waals surface area (Å²) in [6.45, 7) is 7.29. The summed E-state index contributed by atoms with van der Waals surface area (Å²) in [5.41, 5.74) is 0.105. The van der Waals surface area contributed by atoms with Crippen LogP contribution in [-0.4, -0.2) is 56.1 Å². The Morgan fingerprint density at radius 3 is 2.35 bits per heavy atom. The number of hydrogen-bond donors (Lipinski definition) is 1. The van der Waals surface area contributed by atoms with Crippen LogP contribution in [0.1, 0.15) is 26.3 Å². The highest BCUT2D eigenvalue weighted by atomic mass is 32.2. The van der Waals surface area contributed by atoms with E-state index in [0.717, 1.165) is 0 Å². The molecule has 2 rings (SSSR count). The second kappa shape index (κ2) is 7.66. The number of ether oxygens (including phenoxy) is 2. The second-order valence-corrected chi connectivity index (χ2v) is 9.98. The third kappa shape index (κ3) is 4.27. The average Bonchev–Trinajstić information content (AvgIpc) is 3.03. The van der Waals surface area contributed by atoms with E-state index in [-0.39, 0.29) is 16.7 Å². The van der Waals surface area contributed by atoms with Crippen LogP contribution < -0.4 is 14.8 Å². The molecule has 0 aliphatic carbocycles. The summed E-state index contributed by atoms with van der Waals surface area (Å²) in [5, 5.41) is 2.87. The summed E-state index contributed by atoms with van der Waals surface area (Å²) in [5.74, 6) is 1.16. The van der Waals surface area contributed by atoms with Crippen LogP contribution in [0.5, 0.6) is 11.5 Å². The van der Waals surface area contributed by atoms with Gasteiger partial charge in [-0.2, -0.15) is 4.31 Å². The Labute approximate surface area is 159 Å². The maximum Gasteiger partial charge on any atom is 0.244 e. The molecule has 1 N–H and O–H groups in total. The fraction of sp³-hybridized carbons (Fsp3) is 0.588. The standard InChI is InChI=1S/C17H26N2O5S2/c1-11-7-13(23-5)14(24-6)8-15(11)26(21,22)19-10-25-9-12(19)16(20)18-17(2,3)4/h7-8,12H,9-10H2,1-6H3,(H,18,20). The molecule has 1 atom stereocenters. The van der Waals surface area contributed by atoms with Crippen LogP contribution in [0.15, 0.2) is 17.0 Å². The van der Waals surface area contributed by atoms with Crippen LogP contribution in [-0.2, 0) is 14.8 Å². The van der Waals surface area contributed by atoms with E-state index in [2.05, 4.69) is 5.32 Å². The van der Waals surface area contributed by atoms with Crippen molar-refractivity contribution in [2.45, 2.75) is 44.2 Å². The summed E-state index contributed by atoms with van der Waals surface area (Å²) >= 11 is 1.42. The van der Waals surface area contributed by atoms with Crippen molar-refractivity contribution in [3.05, 3.63) is 17.7 Å². The van der Waals surface area contributed by atoms with Gasteiger partial charge in [0, 0.05) is 17.4 Å². The number of benzene rings is 1. The van der Waals surface area contributed by atoms with Crippen molar-refractivity contribution < 1.29 is 22.7 Å². The highest BCUT2D eigenvalue weighted by molar-refractivity contribution is 8.00. The van der Waals surface area contributed by atoms with Gasteiger partial charge < -0.3 is 14.8 Å². The molecule has 146 valence electrons. The molecule has 1 amide bonds. The first-order valence-electron chi connectivity index (χ1n) is 8.15. The number of sulfonamides is 1. The van der Waals surface area contributed by atoms with Gasteiger partial charge >= 0.3 is 0 Å². The predicted octanol–water partition coefficient (Wildman–Crippen LogP) is 1.99. The molecule has 0 spiro atoms. The van der Waals surface area contributed by atoms with E-state index >= 15 is 0 Å². The Morgan fingerprint density at radius 1 is 1.23 bits per heavy atom. The van der Waals surface area contributed by atoms with Crippen LogP contribution in [0.2, 0.25) is 0 Å². The Bertz CT molecular complexity index is 787. The molecule has 1 unspecified atom stereocenters. The van der Waals surface area contributed by atoms with Gasteiger partial charge in [0.2, 0.25) is 15.9 Å². The number of methoxy groups -OCH3 is 2. The monoisotopic (exact) mass is 402 g/mol. The Kier molecular flexibility index (Phi) is 6.14. The summed E-state index contributed by atoms with van der Waals surface area (Å²) in [7, 11) is -0.912. The quantitative estimate of drug-likeness (QED) is 0.811. The SMILES string of the molecule is COc1cc(C)c(S(=O)(=O)N2CSCC2C(=O)NC(C)(C)C)cc1OC. The van der Waals surface area contributed by atoms with E-state index in [9.17, 15) is 13.2 Å². The number of aryl methyl sites for hydroxylation is 1. The van der Waals surface area contributed by atoms with Gasteiger partial charge in [-0.3, -0.25) is 4.79 Å². The highest BCUT2D eigenvalue weighted by Gasteiger charge is 2.41. The number of rotatable bonds is 5. The lowest BCUT2D eigenvalue weighted by atomic mass is 10.1. The third-order valence-corrected chi connectivity index (χ3v) is 7.08. The first-order valence-corrected chi connectivity index (χ1v) is 10.7. The molecule has 7 nitrogen and oxygen atoms in total. The number of carbonyl (C=O) groups is 1.